The maximum absolute atomic E-state index is 13.2. The van der Waals surface area contributed by atoms with E-state index in [0.717, 1.165) is 12.1 Å². The zero-order valence-corrected chi connectivity index (χ0v) is 12.8. The first kappa shape index (κ1) is 16.5. The molecule has 2 N–H and O–H groups in total. The van der Waals surface area contributed by atoms with Gasteiger partial charge in [-0.3, -0.25) is 4.79 Å². The zero-order valence-electron chi connectivity index (χ0n) is 12.8. The molecule has 0 spiro atoms. The lowest BCUT2D eigenvalue weighted by Gasteiger charge is -2.08. The molecule has 0 aliphatic rings. The van der Waals surface area contributed by atoms with E-state index in [1.54, 1.807) is 12.1 Å². The third kappa shape index (κ3) is 4.14. The van der Waals surface area contributed by atoms with E-state index in [1.807, 2.05) is 0 Å². The molecule has 1 heterocycles. The van der Waals surface area contributed by atoms with Crippen molar-refractivity contribution in [1.29, 1.82) is 0 Å². The minimum absolute atomic E-state index is 0.125. The van der Waals surface area contributed by atoms with Crippen molar-refractivity contribution in [3.05, 3.63) is 83.9 Å². The van der Waals surface area contributed by atoms with Gasteiger partial charge in [-0.25, -0.2) is 18.2 Å². The zero-order chi connectivity index (χ0) is 17.8. The smallest absolute Gasteiger partial charge is 0.274 e. The number of aromatic nitrogens is 1. The summed E-state index contributed by atoms with van der Waals surface area (Å²) in [5.74, 6) is -2.86. The molecule has 0 saturated heterocycles. The summed E-state index contributed by atoms with van der Waals surface area (Å²) in [5.41, 5.74) is 1.28. The molecule has 7 heteroatoms. The lowest BCUT2D eigenvalue weighted by molar-refractivity contribution is 0.102. The maximum Gasteiger partial charge on any atom is 0.274 e. The molecule has 0 bridgehead atoms. The van der Waals surface area contributed by atoms with E-state index >= 15 is 0 Å². The molecule has 0 saturated carbocycles. The summed E-state index contributed by atoms with van der Waals surface area (Å²) in [6, 6.07) is 11.9. The average molecular weight is 343 g/mol. The predicted octanol–water partition coefficient (Wildman–Crippen LogP) is 4.49. The second kappa shape index (κ2) is 7.04. The number of benzene rings is 2. The molecule has 0 fully saturated rings. The van der Waals surface area contributed by atoms with Crippen molar-refractivity contribution in [2.24, 2.45) is 0 Å². The SMILES string of the molecule is O=C(Nc1cccc(F)c1)c1ccc(Nc2ccc(F)c(F)c2)cn1. The largest absolute Gasteiger partial charge is 0.354 e. The third-order valence-electron chi connectivity index (χ3n) is 3.29. The Morgan fingerprint density at radius 3 is 2.32 bits per heavy atom. The summed E-state index contributed by atoms with van der Waals surface area (Å²) in [6.45, 7) is 0. The first-order valence-corrected chi connectivity index (χ1v) is 7.26. The average Bonchev–Trinajstić information content (AvgIpc) is 2.59. The quantitative estimate of drug-likeness (QED) is 0.734. The summed E-state index contributed by atoms with van der Waals surface area (Å²) < 4.78 is 39.2. The summed E-state index contributed by atoms with van der Waals surface area (Å²) in [7, 11) is 0. The fourth-order valence-electron chi connectivity index (χ4n) is 2.10. The van der Waals surface area contributed by atoms with Crippen LogP contribution in [0.25, 0.3) is 0 Å². The summed E-state index contributed by atoms with van der Waals surface area (Å²) in [4.78, 5) is 16.1. The van der Waals surface area contributed by atoms with Gasteiger partial charge in [0.1, 0.15) is 11.5 Å². The Morgan fingerprint density at radius 2 is 1.64 bits per heavy atom. The summed E-state index contributed by atoms with van der Waals surface area (Å²) >= 11 is 0. The van der Waals surface area contributed by atoms with Gasteiger partial charge in [0.25, 0.3) is 5.91 Å². The van der Waals surface area contributed by atoms with E-state index in [9.17, 15) is 18.0 Å². The number of amides is 1. The molecule has 0 aliphatic heterocycles. The molecule has 3 rings (SSSR count). The molecule has 1 aromatic heterocycles. The van der Waals surface area contributed by atoms with Gasteiger partial charge in [0.15, 0.2) is 11.6 Å². The third-order valence-corrected chi connectivity index (χ3v) is 3.29. The van der Waals surface area contributed by atoms with Gasteiger partial charge in [-0.2, -0.15) is 0 Å². The number of hydrogen-bond acceptors (Lipinski definition) is 3. The van der Waals surface area contributed by atoms with Crippen LogP contribution in [0.3, 0.4) is 0 Å². The van der Waals surface area contributed by atoms with Crippen molar-refractivity contribution in [3.63, 3.8) is 0 Å². The number of carbonyl (C=O) groups excluding carboxylic acids is 1. The van der Waals surface area contributed by atoms with E-state index in [0.29, 0.717) is 17.1 Å². The Hall–Kier alpha value is -3.35. The number of hydrogen-bond donors (Lipinski definition) is 2. The van der Waals surface area contributed by atoms with Crippen LogP contribution in [0.4, 0.5) is 30.2 Å². The summed E-state index contributed by atoms with van der Waals surface area (Å²) in [5, 5.41) is 5.37. The topological polar surface area (TPSA) is 54.0 Å². The van der Waals surface area contributed by atoms with Crippen LogP contribution in [-0.2, 0) is 0 Å². The maximum atomic E-state index is 13.2. The molecule has 1 amide bonds. The lowest BCUT2D eigenvalue weighted by Crippen LogP contribution is -2.13. The standard InChI is InChI=1S/C18H12F3N3O/c19-11-2-1-3-12(8-11)24-18(25)17-7-5-14(10-22-17)23-13-4-6-15(20)16(21)9-13/h1-10,23H,(H,24,25). The number of anilines is 3. The van der Waals surface area contributed by atoms with E-state index in [4.69, 9.17) is 0 Å². The molecule has 126 valence electrons. The number of halogens is 3. The van der Waals surface area contributed by atoms with Gasteiger partial charge in [-0.15, -0.1) is 0 Å². The minimum atomic E-state index is -0.968. The van der Waals surface area contributed by atoms with Gasteiger partial charge in [-0.1, -0.05) is 6.07 Å². The van der Waals surface area contributed by atoms with Gasteiger partial charge in [0.2, 0.25) is 0 Å². The van der Waals surface area contributed by atoms with Crippen LogP contribution in [0.2, 0.25) is 0 Å². The van der Waals surface area contributed by atoms with Crippen molar-refractivity contribution >= 4 is 23.0 Å². The molecule has 4 nitrogen and oxygen atoms in total. The van der Waals surface area contributed by atoms with E-state index in [2.05, 4.69) is 15.6 Å². The van der Waals surface area contributed by atoms with Crippen molar-refractivity contribution in [3.8, 4) is 0 Å². The molecule has 0 aliphatic carbocycles. The highest BCUT2D eigenvalue weighted by Gasteiger charge is 2.09. The Bertz CT molecular complexity index is 914. The molecule has 0 radical (unpaired) electrons. The number of nitrogens with zero attached hydrogens (tertiary/aromatic N) is 1. The molecule has 25 heavy (non-hydrogen) atoms. The lowest BCUT2D eigenvalue weighted by atomic mass is 10.2. The van der Waals surface area contributed by atoms with Crippen LogP contribution < -0.4 is 10.6 Å². The highest BCUT2D eigenvalue weighted by atomic mass is 19.2. The monoisotopic (exact) mass is 343 g/mol. The highest BCUT2D eigenvalue weighted by Crippen LogP contribution is 2.19. The van der Waals surface area contributed by atoms with Gasteiger partial charge >= 0.3 is 0 Å². The van der Waals surface area contributed by atoms with E-state index in [-0.39, 0.29) is 5.69 Å². The molecule has 3 aromatic rings. The molecule has 0 unspecified atom stereocenters. The molecular formula is C18H12F3N3O. The number of rotatable bonds is 4. The normalized spacial score (nSPS) is 10.4. The number of nitrogens with one attached hydrogen (secondary N) is 2. The van der Waals surface area contributed by atoms with Crippen molar-refractivity contribution < 1.29 is 18.0 Å². The Kier molecular flexibility index (Phi) is 4.65. The van der Waals surface area contributed by atoms with Gasteiger partial charge in [-0.05, 0) is 42.5 Å². The van der Waals surface area contributed by atoms with Crippen molar-refractivity contribution in [2.75, 3.05) is 10.6 Å². The Labute approximate surface area is 141 Å². The van der Waals surface area contributed by atoms with Crippen LogP contribution >= 0.6 is 0 Å². The van der Waals surface area contributed by atoms with Crippen LogP contribution in [0.1, 0.15) is 10.5 Å². The predicted molar refractivity (Wildman–Crippen MR) is 88.2 cm³/mol. The molecular weight excluding hydrogens is 331 g/mol. The van der Waals surface area contributed by atoms with Gasteiger partial charge in [0.05, 0.1) is 11.9 Å². The second-order valence-corrected chi connectivity index (χ2v) is 5.15. The van der Waals surface area contributed by atoms with Crippen LogP contribution in [0.5, 0.6) is 0 Å². The second-order valence-electron chi connectivity index (χ2n) is 5.15. The Morgan fingerprint density at radius 1 is 0.840 bits per heavy atom. The van der Waals surface area contributed by atoms with Crippen LogP contribution in [-0.4, -0.2) is 10.9 Å². The van der Waals surface area contributed by atoms with Crippen molar-refractivity contribution in [1.82, 2.24) is 4.98 Å². The first-order chi connectivity index (χ1) is 12.0. The molecule has 0 atom stereocenters. The fourth-order valence-corrected chi connectivity index (χ4v) is 2.10. The first-order valence-electron chi connectivity index (χ1n) is 7.26. The summed E-state index contributed by atoms with van der Waals surface area (Å²) in [6.07, 6.45) is 1.38. The van der Waals surface area contributed by atoms with Crippen LogP contribution in [0, 0.1) is 17.5 Å². The highest BCUT2D eigenvalue weighted by molar-refractivity contribution is 6.02. The minimum Gasteiger partial charge on any atom is -0.354 e. The Balaban J connectivity index is 1.69. The van der Waals surface area contributed by atoms with Gasteiger partial charge < -0.3 is 10.6 Å². The number of pyridine rings is 1. The van der Waals surface area contributed by atoms with Gasteiger partial charge in [0, 0.05) is 17.4 Å². The fraction of sp³-hybridized carbons (Fsp3) is 0. The number of carbonyl (C=O) groups is 1. The van der Waals surface area contributed by atoms with Crippen molar-refractivity contribution in [2.45, 2.75) is 0 Å². The van der Waals surface area contributed by atoms with E-state index < -0.39 is 23.4 Å². The molecule has 2 aromatic carbocycles. The van der Waals surface area contributed by atoms with Crippen LogP contribution in [0.15, 0.2) is 60.8 Å². The van der Waals surface area contributed by atoms with E-state index in [1.165, 1.54) is 36.5 Å².